The van der Waals surface area contributed by atoms with Crippen LogP contribution in [0.1, 0.15) is 59.2 Å². The fourth-order valence-electron chi connectivity index (χ4n) is 5.92. The van der Waals surface area contributed by atoms with Crippen LogP contribution in [0.3, 0.4) is 0 Å². The summed E-state index contributed by atoms with van der Waals surface area (Å²) in [4.78, 5) is 17.9. The zero-order chi connectivity index (χ0) is 25.8. The van der Waals surface area contributed by atoms with E-state index in [1.54, 1.807) is 29.5 Å². The van der Waals surface area contributed by atoms with Crippen LogP contribution in [-0.4, -0.2) is 53.5 Å². The predicted molar refractivity (Wildman–Crippen MR) is 153 cm³/mol. The Bertz CT molecular complexity index is 1170. The van der Waals surface area contributed by atoms with Gasteiger partial charge >= 0.3 is 0 Å². The predicted octanol–water partition coefficient (Wildman–Crippen LogP) is 7.14. The van der Waals surface area contributed by atoms with E-state index in [0.717, 1.165) is 51.1 Å². The molecule has 196 valence electrons. The van der Waals surface area contributed by atoms with Crippen LogP contribution in [0, 0.1) is 11.8 Å². The van der Waals surface area contributed by atoms with Crippen molar-refractivity contribution in [1.29, 1.82) is 0 Å². The van der Waals surface area contributed by atoms with E-state index in [9.17, 15) is 9.90 Å². The number of piperidine rings is 1. The molecule has 0 aliphatic carbocycles. The van der Waals surface area contributed by atoms with Crippen molar-refractivity contribution in [2.45, 2.75) is 37.7 Å². The number of hydrogen-bond donors (Lipinski definition) is 1. The number of thiophene rings is 1. The van der Waals surface area contributed by atoms with E-state index in [1.165, 1.54) is 18.4 Å². The van der Waals surface area contributed by atoms with E-state index in [0.29, 0.717) is 33.4 Å². The van der Waals surface area contributed by atoms with Crippen LogP contribution in [0.5, 0.6) is 0 Å². The number of amides is 1. The highest BCUT2D eigenvalue weighted by Gasteiger charge is 2.38. The zero-order valence-corrected chi connectivity index (χ0v) is 23.3. The number of carbonyl (C=O) groups is 1. The van der Waals surface area contributed by atoms with E-state index < -0.39 is 0 Å². The van der Waals surface area contributed by atoms with Gasteiger partial charge in [-0.3, -0.25) is 4.79 Å². The summed E-state index contributed by atoms with van der Waals surface area (Å²) in [6, 6.07) is 17.3. The highest BCUT2D eigenvalue weighted by molar-refractivity contribution is 7.08. The van der Waals surface area contributed by atoms with Crippen LogP contribution >= 0.6 is 34.5 Å². The van der Waals surface area contributed by atoms with Gasteiger partial charge in [-0.15, -0.1) is 0 Å². The molecule has 1 aromatic heterocycles. The van der Waals surface area contributed by atoms with Gasteiger partial charge in [-0.1, -0.05) is 53.5 Å². The van der Waals surface area contributed by atoms with Gasteiger partial charge in [0.1, 0.15) is 0 Å². The Morgan fingerprint density at radius 1 is 1.03 bits per heavy atom. The standard InChI is InChI=1S/C30H34Cl2N2O2S/c31-27-8-7-23(16-28(27)32)30(36)34-18-25(26(19-34)24-12-15-37-20-24)17-33-13-10-21(11-14-33)6-9-29(35)22-4-2-1-3-5-22/h1-5,7-8,12,15-16,20-21,25-26,29,35H,6,9-11,13-14,17-19H2. The van der Waals surface area contributed by atoms with Crippen LogP contribution in [-0.2, 0) is 0 Å². The Morgan fingerprint density at radius 3 is 2.51 bits per heavy atom. The van der Waals surface area contributed by atoms with Crippen molar-refractivity contribution < 1.29 is 9.90 Å². The first-order valence-corrected chi connectivity index (χ1v) is 14.9. The number of hydrogen-bond acceptors (Lipinski definition) is 4. The summed E-state index contributed by atoms with van der Waals surface area (Å²) >= 11 is 14.0. The second kappa shape index (κ2) is 12.3. The monoisotopic (exact) mass is 556 g/mol. The minimum Gasteiger partial charge on any atom is -0.388 e. The van der Waals surface area contributed by atoms with Gasteiger partial charge in [-0.05, 0) is 96.8 Å². The van der Waals surface area contributed by atoms with Crippen LogP contribution < -0.4 is 0 Å². The van der Waals surface area contributed by atoms with Crippen LogP contribution in [0.2, 0.25) is 10.0 Å². The van der Waals surface area contributed by atoms with E-state index in [-0.39, 0.29) is 12.0 Å². The lowest BCUT2D eigenvalue weighted by Gasteiger charge is -2.34. The maximum atomic E-state index is 13.3. The van der Waals surface area contributed by atoms with Crippen molar-refractivity contribution >= 4 is 40.4 Å². The maximum Gasteiger partial charge on any atom is 0.253 e. The quantitative estimate of drug-likeness (QED) is 0.320. The Balaban J connectivity index is 1.16. The first kappa shape index (κ1) is 26.7. The average molecular weight is 558 g/mol. The van der Waals surface area contributed by atoms with Gasteiger partial charge in [0, 0.05) is 31.1 Å². The van der Waals surface area contributed by atoms with E-state index >= 15 is 0 Å². The molecule has 2 aliphatic rings. The van der Waals surface area contributed by atoms with Gasteiger partial charge in [-0.2, -0.15) is 11.3 Å². The molecule has 3 aromatic rings. The summed E-state index contributed by atoms with van der Waals surface area (Å²) in [5.41, 5.74) is 2.95. The third-order valence-corrected chi connectivity index (χ3v) is 9.54. The highest BCUT2D eigenvalue weighted by Crippen LogP contribution is 2.37. The molecule has 0 radical (unpaired) electrons. The third-order valence-electron chi connectivity index (χ3n) is 8.10. The summed E-state index contributed by atoms with van der Waals surface area (Å²) in [7, 11) is 0. The van der Waals surface area contributed by atoms with Crippen LogP contribution in [0.15, 0.2) is 65.4 Å². The van der Waals surface area contributed by atoms with Crippen LogP contribution in [0.25, 0.3) is 0 Å². The van der Waals surface area contributed by atoms with Crippen molar-refractivity contribution in [2.24, 2.45) is 11.8 Å². The zero-order valence-electron chi connectivity index (χ0n) is 20.9. The molecule has 3 atom stereocenters. The van der Waals surface area contributed by atoms with E-state index in [1.807, 2.05) is 35.2 Å². The lowest BCUT2D eigenvalue weighted by Crippen LogP contribution is -2.39. The SMILES string of the molecule is O=C(c1ccc(Cl)c(Cl)c1)N1CC(CN2CCC(CCC(O)c3ccccc3)CC2)C(c2ccsc2)C1. The summed E-state index contributed by atoms with van der Waals surface area (Å²) in [6.07, 6.45) is 3.86. The summed E-state index contributed by atoms with van der Waals surface area (Å²) in [5, 5.41) is 15.8. The molecule has 1 N–H and O–H groups in total. The highest BCUT2D eigenvalue weighted by atomic mass is 35.5. The van der Waals surface area contributed by atoms with Crippen molar-refractivity contribution in [1.82, 2.24) is 9.80 Å². The summed E-state index contributed by atoms with van der Waals surface area (Å²) < 4.78 is 0. The van der Waals surface area contributed by atoms with E-state index in [4.69, 9.17) is 23.2 Å². The Kier molecular flexibility index (Phi) is 8.89. The third kappa shape index (κ3) is 6.58. The summed E-state index contributed by atoms with van der Waals surface area (Å²) in [5.74, 6) is 1.44. The Hall–Kier alpha value is -1.89. The largest absolute Gasteiger partial charge is 0.388 e. The minimum absolute atomic E-state index is 0.0250. The number of carbonyl (C=O) groups excluding carboxylic acids is 1. The molecule has 5 rings (SSSR count). The lowest BCUT2D eigenvalue weighted by molar-refractivity contribution is 0.0779. The van der Waals surface area contributed by atoms with Gasteiger partial charge in [0.15, 0.2) is 0 Å². The number of benzene rings is 2. The molecule has 2 aliphatic heterocycles. The first-order chi connectivity index (χ1) is 18.0. The summed E-state index contributed by atoms with van der Waals surface area (Å²) in [6.45, 7) is 4.65. The van der Waals surface area contributed by atoms with E-state index in [2.05, 4.69) is 21.7 Å². The molecule has 0 bridgehead atoms. The second-order valence-corrected chi connectivity index (χ2v) is 12.1. The molecule has 2 saturated heterocycles. The van der Waals surface area contributed by atoms with Crippen molar-refractivity contribution in [3.05, 3.63) is 92.1 Å². The van der Waals surface area contributed by atoms with Gasteiger partial charge in [0.2, 0.25) is 0 Å². The maximum absolute atomic E-state index is 13.3. The fourth-order valence-corrected chi connectivity index (χ4v) is 6.95. The van der Waals surface area contributed by atoms with Crippen molar-refractivity contribution in [3.8, 4) is 0 Å². The van der Waals surface area contributed by atoms with Gasteiger partial charge in [0.05, 0.1) is 16.1 Å². The molecule has 1 amide bonds. The molecule has 7 heteroatoms. The number of aliphatic hydroxyl groups is 1. The number of aliphatic hydroxyl groups excluding tert-OH is 1. The number of rotatable bonds is 8. The number of likely N-dealkylation sites (tertiary alicyclic amines) is 2. The molecule has 3 unspecified atom stereocenters. The minimum atomic E-state index is -0.372. The molecule has 2 aromatic carbocycles. The van der Waals surface area contributed by atoms with Crippen molar-refractivity contribution in [2.75, 3.05) is 32.7 Å². The van der Waals surface area contributed by atoms with Gasteiger partial charge in [-0.25, -0.2) is 0 Å². The normalized spacial score (nSPS) is 21.9. The first-order valence-electron chi connectivity index (χ1n) is 13.2. The topological polar surface area (TPSA) is 43.8 Å². The molecule has 37 heavy (non-hydrogen) atoms. The molecule has 4 nitrogen and oxygen atoms in total. The number of halogens is 2. The smallest absolute Gasteiger partial charge is 0.253 e. The van der Waals surface area contributed by atoms with Gasteiger partial charge in [0.25, 0.3) is 5.91 Å². The molecule has 0 spiro atoms. The van der Waals surface area contributed by atoms with Gasteiger partial charge < -0.3 is 14.9 Å². The molecule has 0 saturated carbocycles. The average Bonchev–Trinajstić information content (AvgIpc) is 3.60. The van der Waals surface area contributed by atoms with Crippen LogP contribution in [0.4, 0.5) is 0 Å². The number of nitrogens with zero attached hydrogens (tertiary/aromatic N) is 2. The molecule has 2 fully saturated rings. The van der Waals surface area contributed by atoms with Crippen molar-refractivity contribution in [3.63, 3.8) is 0 Å². The Morgan fingerprint density at radius 2 is 1.81 bits per heavy atom. The molecular weight excluding hydrogens is 523 g/mol. The molecule has 3 heterocycles. The fraction of sp³-hybridized carbons (Fsp3) is 0.433. The lowest BCUT2D eigenvalue weighted by atomic mass is 9.87. The Labute approximate surface area is 233 Å². The molecular formula is C30H34Cl2N2O2S. The second-order valence-electron chi connectivity index (χ2n) is 10.5.